The Bertz CT molecular complexity index is 931. The molecule has 1 atom stereocenters. The molecule has 0 radical (unpaired) electrons. The zero-order valence-electron chi connectivity index (χ0n) is 16.5. The van der Waals surface area contributed by atoms with Crippen LogP contribution in [0.3, 0.4) is 0 Å². The maximum Gasteiger partial charge on any atom is 0.314 e. The Labute approximate surface area is 172 Å². The molecule has 144 valence electrons. The van der Waals surface area contributed by atoms with Crippen molar-refractivity contribution in [3.8, 4) is 11.1 Å². The van der Waals surface area contributed by atoms with Crippen molar-refractivity contribution < 1.29 is 9.53 Å². The summed E-state index contributed by atoms with van der Waals surface area (Å²) in [6, 6.07) is 23.8. The molecule has 0 aliphatic rings. The molecule has 3 aromatic carbocycles. The van der Waals surface area contributed by atoms with Gasteiger partial charge in [0.25, 0.3) is 0 Å². The van der Waals surface area contributed by atoms with Crippen molar-refractivity contribution >= 4 is 17.6 Å². The Hall–Kier alpha value is -2.58. The van der Waals surface area contributed by atoms with Crippen molar-refractivity contribution in [3.05, 3.63) is 94.5 Å². The number of carbonyl (C=O) groups excluding carboxylic acids is 1. The molecule has 0 aromatic heterocycles. The molecule has 0 bridgehead atoms. The van der Waals surface area contributed by atoms with Gasteiger partial charge >= 0.3 is 5.97 Å². The quantitative estimate of drug-likeness (QED) is 0.431. The second-order valence-corrected chi connectivity index (χ2v) is 7.77. The van der Waals surface area contributed by atoms with Crippen LogP contribution in [0.15, 0.2) is 72.8 Å². The van der Waals surface area contributed by atoms with Crippen LogP contribution in [0.2, 0.25) is 5.02 Å². The van der Waals surface area contributed by atoms with Crippen LogP contribution in [-0.2, 0) is 16.1 Å². The van der Waals surface area contributed by atoms with Crippen LogP contribution in [0.1, 0.15) is 36.5 Å². The summed E-state index contributed by atoms with van der Waals surface area (Å²) in [5.74, 6) is -0.387. The van der Waals surface area contributed by atoms with Gasteiger partial charge < -0.3 is 4.74 Å². The third-order valence-corrected chi connectivity index (χ3v) is 5.30. The van der Waals surface area contributed by atoms with Crippen molar-refractivity contribution in [1.29, 1.82) is 0 Å². The fourth-order valence-corrected chi connectivity index (χ4v) is 3.60. The van der Waals surface area contributed by atoms with Gasteiger partial charge in [0.1, 0.15) is 6.61 Å². The molecule has 0 fully saturated rings. The van der Waals surface area contributed by atoms with Gasteiger partial charge in [-0.25, -0.2) is 0 Å². The maximum absolute atomic E-state index is 12.9. The molecule has 3 heteroatoms. The number of ether oxygens (including phenoxy) is 1. The first-order valence-corrected chi connectivity index (χ1v) is 9.91. The molecular formula is C25H25ClO2. The molecular weight excluding hydrogens is 368 g/mol. The Morgan fingerprint density at radius 2 is 1.61 bits per heavy atom. The number of hydrogen-bond donors (Lipinski definition) is 0. The van der Waals surface area contributed by atoms with Crippen LogP contribution in [0.4, 0.5) is 0 Å². The zero-order valence-corrected chi connectivity index (χ0v) is 17.2. The fourth-order valence-electron chi connectivity index (χ4n) is 3.47. The summed E-state index contributed by atoms with van der Waals surface area (Å²) in [7, 11) is 0. The first kappa shape index (κ1) is 20.2. The molecule has 0 aliphatic heterocycles. The third-order valence-electron chi connectivity index (χ3n) is 5.05. The molecule has 0 saturated carbocycles. The topological polar surface area (TPSA) is 26.3 Å². The highest BCUT2D eigenvalue weighted by Crippen LogP contribution is 2.29. The van der Waals surface area contributed by atoms with Gasteiger partial charge in [0.05, 0.1) is 5.92 Å². The van der Waals surface area contributed by atoms with Crippen molar-refractivity contribution in [2.75, 3.05) is 0 Å². The molecule has 0 aliphatic carbocycles. The number of hydrogen-bond acceptors (Lipinski definition) is 2. The first-order valence-electron chi connectivity index (χ1n) is 9.53. The molecule has 0 N–H and O–H groups in total. The lowest BCUT2D eigenvalue weighted by Gasteiger charge is -2.20. The standard InChI is InChI=1S/C25H25ClO2/c1-17(2)24(20-12-14-22(26)15-13-20)25(27)28-16-21-10-7-11-23(18(21)3)19-8-5-4-6-9-19/h4-15,17,24H,16H2,1-3H3. The Kier molecular flexibility index (Phi) is 6.53. The highest BCUT2D eigenvalue weighted by molar-refractivity contribution is 6.30. The van der Waals surface area contributed by atoms with Gasteiger partial charge in [-0.05, 0) is 52.8 Å². The second-order valence-electron chi connectivity index (χ2n) is 7.34. The molecule has 0 spiro atoms. The molecule has 0 heterocycles. The smallest absolute Gasteiger partial charge is 0.314 e. The van der Waals surface area contributed by atoms with Gasteiger partial charge in [-0.3, -0.25) is 4.79 Å². The maximum atomic E-state index is 12.9. The number of rotatable bonds is 6. The minimum absolute atomic E-state index is 0.130. The average Bonchev–Trinajstić information content (AvgIpc) is 2.69. The van der Waals surface area contributed by atoms with Crippen molar-refractivity contribution in [2.24, 2.45) is 5.92 Å². The van der Waals surface area contributed by atoms with E-state index >= 15 is 0 Å². The largest absolute Gasteiger partial charge is 0.460 e. The van der Waals surface area contributed by atoms with Crippen LogP contribution >= 0.6 is 11.6 Å². The van der Waals surface area contributed by atoms with Gasteiger partial charge in [-0.1, -0.05) is 86.1 Å². The Balaban J connectivity index is 1.77. The van der Waals surface area contributed by atoms with E-state index in [2.05, 4.69) is 25.1 Å². The molecule has 28 heavy (non-hydrogen) atoms. The van der Waals surface area contributed by atoms with Gasteiger partial charge in [-0.15, -0.1) is 0 Å². The minimum Gasteiger partial charge on any atom is -0.460 e. The lowest BCUT2D eigenvalue weighted by atomic mass is 9.88. The average molecular weight is 393 g/mol. The lowest BCUT2D eigenvalue weighted by molar-refractivity contribution is -0.148. The van der Waals surface area contributed by atoms with Crippen LogP contribution in [0.25, 0.3) is 11.1 Å². The van der Waals surface area contributed by atoms with Crippen molar-refractivity contribution in [3.63, 3.8) is 0 Å². The highest BCUT2D eigenvalue weighted by atomic mass is 35.5. The summed E-state index contributed by atoms with van der Waals surface area (Å²) in [5, 5.41) is 0.660. The summed E-state index contributed by atoms with van der Waals surface area (Å²) < 4.78 is 5.74. The van der Waals surface area contributed by atoms with Crippen molar-refractivity contribution in [2.45, 2.75) is 33.3 Å². The summed E-state index contributed by atoms with van der Waals surface area (Å²) in [5.41, 5.74) is 5.41. The van der Waals surface area contributed by atoms with E-state index in [0.717, 1.165) is 27.8 Å². The number of halogens is 1. The number of benzene rings is 3. The van der Waals surface area contributed by atoms with E-state index in [-0.39, 0.29) is 24.4 Å². The molecule has 3 aromatic rings. The lowest BCUT2D eigenvalue weighted by Crippen LogP contribution is -2.21. The van der Waals surface area contributed by atoms with Gasteiger partial charge in [0, 0.05) is 5.02 Å². The van der Waals surface area contributed by atoms with E-state index in [1.54, 1.807) is 0 Å². The monoisotopic (exact) mass is 392 g/mol. The minimum atomic E-state index is -0.310. The van der Waals surface area contributed by atoms with Gasteiger partial charge in [-0.2, -0.15) is 0 Å². The van der Waals surface area contributed by atoms with Crippen molar-refractivity contribution in [1.82, 2.24) is 0 Å². The number of carbonyl (C=O) groups is 1. The van der Waals surface area contributed by atoms with E-state index in [1.165, 1.54) is 0 Å². The first-order chi connectivity index (χ1) is 13.5. The highest BCUT2D eigenvalue weighted by Gasteiger charge is 2.26. The predicted molar refractivity (Wildman–Crippen MR) is 115 cm³/mol. The summed E-state index contributed by atoms with van der Waals surface area (Å²) in [6.45, 7) is 6.40. The molecule has 2 nitrogen and oxygen atoms in total. The van der Waals surface area contributed by atoms with Gasteiger partial charge in [0.2, 0.25) is 0 Å². The van der Waals surface area contributed by atoms with E-state index in [1.807, 2.05) is 68.4 Å². The fraction of sp³-hybridized carbons (Fsp3) is 0.240. The second kappa shape index (κ2) is 9.07. The zero-order chi connectivity index (χ0) is 20.1. The third kappa shape index (κ3) is 4.63. The van der Waals surface area contributed by atoms with E-state index < -0.39 is 0 Å². The molecule has 0 saturated heterocycles. The molecule has 3 rings (SSSR count). The van der Waals surface area contributed by atoms with Crippen LogP contribution < -0.4 is 0 Å². The van der Waals surface area contributed by atoms with E-state index in [0.29, 0.717) is 5.02 Å². The molecule has 0 amide bonds. The predicted octanol–water partition coefficient (Wildman–Crippen LogP) is 6.80. The van der Waals surface area contributed by atoms with E-state index in [9.17, 15) is 4.79 Å². The van der Waals surface area contributed by atoms with Crippen LogP contribution in [0.5, 0.6) is 0 Å². The normalized spacial score (nSPS) is 12.0. The summed E-state index contributed by atoms with van der Waals surface area (Å²) in [4.78, 5) is 12.9. The summed E-state index contributed by atoms with van der Waals surface area (Å²) in [6.07, 6.45) is 0. The van der Waals surface area contributed by atoms with E-state index in [4.69, 9.17) is 16.3 Å². The SMILES string of the molecule is Cc1c(COC(=O)C(c2ccc(Cl)cc2)C(C)C)cccc1-c1ccccc1. The van der Waals surface area contributed by atoms with Gasteiger partial charge in [0.15, 0.2) is 0 Å². The van der Waals surface area contributed by atoms with Crippen LogP contribution in [0, 0.1) is 12.8 Å². The van der Waals surface area contributed by atoms with Crippen LogP contribution in [-0.4, -0.2) is 5.97 Å². The number of esters is 1. The molecule has 1 unspecified atom stereocenters. The Morgan fingerprint density at radius 1 is 0.929 bits per heavy atom. The Morgan fingerprint density at radius 3 is 2.25 bits per heavy atom. The summed E-state index contributed by atoms with van der Waals surface area (Å²) >= 11 is 5.98.